The summed E-state index contributed by atoms with van der Waals surface area (Å²) in [6, 6.07) is 10.4. The first-order valence-electron chi connectivity index (χ1n) is 6.66. The first-order chi connectivity index (χ1) is 10.5. The summed E-state index contributed by atoms with van der Waals surface area (Å²) in [5, 5.41) is 1.49. The molecule has 0 unspecified atom stereocenters. The predicted molar refractivity (Wildman–Crippen MR) is 90.7 cm³/mol. The predicted octanol–water partition coefficient (Wildman–Crippen LogP) is 3.64. The summed E-state index contributed by atoms with van der Waals surface area (Å²) >= 11 is 11.9. The molecule has 6 heteroatoms. The second-order valence-corrected chi connectivity index (χ2v) is 5.89. The Bertz CT molecular complexity index is 935. The minimum Gasteiger partial charge on any atom is -0.399 e. The normalized spacial score (nSPS) is 11.0. The molecule has 3 aromatic rings. The van der Waals surface area contributed by atoms with Crippen LogP contribution in [0.4, 0.5) is 5.69 Å². The van der Waals surface area contributed by atoms with Crippen LogP contribution in [0.15, 0.2) is 41.2 Å². The molecule has 1 heterocycles. The Kier molecular flexibility index (Phi) is 3.81. The third-order valence-electron chi connectivity index (χ3n) is 3.49. The number of rotatable bonds is 2. The van der Waals surface area contributed by atoms with Crippen molar-refractivity contribution < 1.29 is 0 Å². The van der Waals surface area contributed by atoms with Crippen LogP contribution in [0.1, 0.15) is 11.4 Å². The lowest BCUT2D eigenvalue weighted by atomic mass is 10.2. The summed E-state index contributed by atoms with van der Waals surface area (Å²) in [4.78, 5) is 17.1. The van der Waals surface area contributed by atoms with E-state index >= 15 is 0 Å². The fraction of sp³-hybridized carbons (Fsp3) is 0.125. The lowest BCUT2D eigenvalue weighted by Crippen LogP contribution is -2.24. The Hall–Kier alpha value is -2.04. The molecular formula is C16H13Cl2N3O. The van der Waals surface area contributed by atoms with Gasteiger partial charge >= 0.3 is 0 Å². The largest absolute Gasteiger partial charge is 0.399 e. The van der Waals surface area contributed by atoms with Gasteiger partial charge in [0.05, 0.1) is 27.5 Å². The van der Waals surface area contributed by atoms with E-state index in [1.807, 2.05) is 6.07 Å². The molecule has 0 atom stereocenters. The molecule has 0 spiro atoms. The average molecular weight is 334 g/mol. The van der Waals surface area contributed by atoms with Crippen molar-refractivity contribution in [3.05, 3.63) is 68.2 Å². The monoisotopic (exact) mass is 333 g/mol. The van der Waals surface area contributed by atoms with Crippen LogP contribution in [0.2, 0.25) is 10.0 Å². The Labute approximate surface area is 137 Å². The smallest absolute Gasteiger partial charge is 0.261 e. The van der Waals surface area contributed by atoms with Gasteiger partial charge < -0.3 is 5.73 Å². The quantitative estimate of drug-likeness (QED) is 0.728. The maximum atomic E-state index is 12.6. The van der Waals surface area contributed by atoms with E-state index in [2.05, 4.69) is 4.98 Å². The van der Waals surface area contributed by atoms with E-state index in [0.717, 1.165) is 5.56 Å². The molecule has 1 aromatic heterocycles. The highest BCUT2D eigenvalue weighted by atomic mass is 35.5. The summed E-state index contributed by atoms with van der Waals surface area (Å²) in [5.41, 5.74) is 7.71. The maximum Gasteiger partial charge on any atom is 0.261 e. The van der Waals surface area contributed by atoms with E-state index in [4.69, 9.17) is 28.9 Å². The highest BCUT2D eigenvalue weighted by molar-refractivity contribution is 6.42. The maximum absolute atomic E-state index is 12.6. The zero-order valence-corrected chi connectivity index (χ0v) is 13.3. The zero-order valence-electron chi connectivity index (χ0n) is 11.8. The second kappa shape index (κ2) is 5.63. The lowest BCUT2D eigenvalue weighted by molar-refractivity contribution is 0.713. The first kappa shape index (κ1) is 14.9. The lowest BCUT2D eigenvalue weighted by Gasteiger charge is -2.11. The molecule has 0 saturated heterocycles. The Balaban J connectivity index is 2.12. The van der Waals surface area contributed by atoms with Gasteiger partial charge in [0.1, 0.15) is 5.82 Å². The topological polar surface area (TPSA) is 60.9 Å². The van der Waals surface area contributed by atoms with Gasteiger partial charge in [-0.1, -0.05) is 29.3 Å². The summed E-state index contributed by atoms with van der Waals surface area (Å²) < 4.78 is 1.61. The van der Waals surface area contributed by atoms with Crippen LogP contribution < -0.4 is 11.3 Å². The molecule has 0 aliphatic carbocycles. The average Bonchev–Trinajstić information content (AvgIpc) is 2.46. The number of nitrogen functional groups attached to an aromatic ring is 1. The second-order valence-electron chi connectivity index (χ2n) is 5.08. The van der Waals surface area contributed by atoms with Crippen molar-refractivity contribution >= 4 is 39.8 Å². The van der Waals surface area contributed by atoms with Crippen molar-refractivity contribution in [1.29, 1.82) is 0 Å². The highest BCUT2D eigenvalue weighted by Gasteiger charge is 2.09. The van der Waals surface area contributed by atoms with E-state index in [-0.39, 0.29) is 5.56 Å². The highest BCUT2D eigenvalue weighted by Crippen LogP contribution is 2.23. The Morgan fingerprint density at radius 1 is 1.14 bits per heavy atom. The number of aryl methyl sites for hydroxylation is 1. The van der Waals surface area contributed by atoms with Crippen molar-refractivity contribution in [2.45, 2.75) is 13.5 Å². The van der Waals surface area contributed by atoms with Crippen molar-refractivity contribution in [1.82, 2.24) is 9.55 Å². The van der Waals surface area contributed by atoms with Gasteiger partial charge in [0.15, 0.2) is 0 Å². The molecule has 0 aliphatic rings. The van der Waals surface area contributed by atoms with Crippen LogP contribution >= 0.6 is 23.2 Å². The van der Waals surface area contributed by atoms with Crippen LogP contribution in [0.25, 0.3) is 10.9 Å². The number of aromatic nitrogens is 2. The summed E-state index contributed by atoms with van der Waals surface area (Å²) in [6.07, 6.45) is 0. The zero-order chi connectivity index (χ0) is 15.9. The van der Waals surface area contributed by atoms with Gasteiger partial charge in [0.25, 0.3) is 5.56 Å². The van der Waals surface area contributed by atoms with Crippen LogP contribution in [0.5, 0.6) is 0 Å². The van der Waals surface area contributed by atoms with Gasteiger partial charge in [-0.2, -0.15) is 0 Å². The van der Waals surface area contributed by atoms with Gasteiger partial charge in [-0.3, -0.25) is 9.36 Å². The van der Waals surface area contributed by atoms with Crippen LogP contribution in [-0.2, 0) is 6.54 Å². The van der Waals surface area contributed by atoms with Gasteiger partial charge in [-0.25, -0.2) is 4.98 Å². The number of benzene rings is 2. The molecule has 2 N–H and O–H groups in total. The Morgan fingerprint density at radius 3 is 2.64 bits per heavy atom. The minimum absolute atomic E-state index is 0.103. The molecule has 0 amide bonds. The summed E-state index contributed by atoms with van der Waals surface area (Å²) in [6.45, 7) is 2.18. The number of fused-ring (bicyclic) bond motifs is 1. The van der Waals surface area contributed by atoms with E-state index in [0.29, 0.717) is 39.0 Å². The van der Waals surface area contributed by atoms with Gasteiger partial charge in [-0.15, -0.1) is 0 Å². The number of nitrogens with zero attached hydrogens (tertiary/aromatic N) is 2. The fourth-order valence-corrected chi connectivity index (χ4v) is 2.68. The number of hydrogen-bond acceptors (Lipinski definition) is 3. The molecule has 112 valence electrons. The SMILES string of the molecule is Cc1nc2cc(N)ccc2c(=O)n1Cc1ccc(Cl)c(Cl)c1. The number of hydrogen-bond donors (Lipinski definition) is 1. The molecule has 0 fully saturated rings. The molecule has 0 saturated carbocycles. The van der Waals surface area contributed by atoms with Crippen LogP contribution in [0, 0.1) is 6.92 Å². The van der Waals surface area contributed by atoms with Crippen LogP contribution in [-0.4, -0.2) is 9.55 Å². The number of halogens is 2. The standard InChI is InChI=1S/C16H13Cl2N3O/c1-9-20-15-7-11(19)3-4-12(15)16(22)21(9)8-10-2-5-13(17)14(18)6-10/h2-7H,8,19H2,1H3. The molecule has 0 aliphatic heterocycles. The molecule has 3 rings (SSSR count). The van der Waals surface area contributed by atoms with Crippen LogP contribution in [0.3, 0.4) is 0 Å². The van der Waals surface area contributed by atoms with Gasteiger partial charge in [0, 0.05) is 5.69 Å². The number of nitrogens with two attached hydrogens (primary N) is 1. The summed E-state index contributed by atoms with van der Waals surface area (Å²) in [7, 11) is 0. The summed E-state index contributed by atoms with van der Waals surface area (Å²) in [5.74, 6) is 0.620. The minimum atomic E-state index is -0.103. The van der Waals surface area contributed by atoms with Crippen molar-refractivity contribution in [2.75, 3.05) is 5.73 Å². The van der Waals surface area contributed by atoms with Crippen molar-refractivity contribution in [3.8, 4) is 0 Å². The molecular weight excluding hydrogens is 321 g/mol. The van der Waals surface area contributed by atoms with E-state index in [1.54, 1.807) is 41.8 Å². The van der Waals surface area contributed by atoms with Gasteiger partial charge in [-0.05, 0) is 42.8 Å². The van der Waals surface area contributed by atoms with E-state index < -0.39 is 0 Å². The number of anilines is 1. The molecule has 0 radical (unpaired) electrons. The van der Waals surface area contributed by atoms with E-state index in [9.17, 15) is 4.79 Å². The third-order valence-corrected chi connectivity index (χ3v) is 4.23. The molecule has 22 heavy (non-hydrogen) atoms. The van der Waals surface area contributed by atoms with Gasteiger partial charge in [0.2, 0.25) is 0 Å². The van der Waals surface area contributed by atoms with Crippen molar-refractivity contribution in [3.63, 3.8) is 0 Å². The molecule has 0 bridgehead atoms. The van der Waals surface area contributed by atoms with Crippen molar-refractivity contribution in [2.24, 2.45) is 0 Å². The first-order valence-corrected chi connectivity index (χ1v) is 7.42. The third kappa shape index (κ3) is 2.67. The Morgan fingerprint density at radius 2 is 1.91 bits per heavy atom. The fourth-order valence-electron chi connectivity index (χ4n) is 2.36. The van der Waals surface area contributed by atoms with E-state index in [1.165, 1.54) is 0 Å². The molecule has 4 nitrogen and oxygen atoms in total. The molecule has 2 aromatic carbocycles.